The van der Waals surface area contributed by atoms with Gasteiger partial charge in [0.05, 0.1) is 42.3 Å². The van der Waals surface area contributed by atoms with Crippen LogP contribution >= 0.6 is 0 Å². The Morgan fingerprint density at radius 3 is 2.32 bits per heavy atom. The van der Waals surface area contributed by atoms with E-state index in [1.54, 1.807) is 48.8 Å². The van der Waals surface area contributed by atoms with E-state index in [9.17, 15) is 29.2 Å². The average Bonchev–Trinajstić information content (AvgIpc) is 3.44. The lowest BCUT2D eigenvalue weighted by atomic mass is 9.85. The number of ether oxygens (including phenoxy) is 3. The summed E-state index contributed by atoms with van der Waals surface area (Å²) in [6.45, 7) is 7.01. The molecular weight excluding hydrogens is 757 g/mol. The molecule has 5 amide bonds. The van der Waals surface area contributed by atoms with Gasteiger partial charge in [0, 0.05) is 69.0 Å². The van der Waals surface area contributed by atoms with E-state index in [0.717, 1.165) is 68.9 Å². The molecule has 0 spiro atoms. The van der Waals surface area contributed by atoms with Crippen LogP contribution < -0.4 is 29.7 Å². The van der Waals surface area contributed by atoms with E-state index in [0.29, 0.717) is 40.8 Å². The highest BCUT2D eigenvalue weighted by Crippen LogP contribution is 2.36. The van der Waals surface area contributed by atoms with Gasteiger partial charge in [-0.25, -0.2) is 9.97 Å². The first-order valence-electron chi connectivity index (χ1n) is 20.4. The summed E-state index contributed by atoms with van der Waals surface area (Å²) in [5.74, 6) is 0.476. The second kappa shape index (κ2) is 16.6. The molecule has 308 valence electrons. The molecule has 4 fully saturated rings. The summed E-state index contributed by atoms with van der Waals surface area (Å²) in [6.07, 6.45) is 8.18. The maximum absolute atomic E-state index is 13.2. The number of amides is 5. The number of piperidine rings is 1. The van der Waals surface area contributed by atoms with Crippen LogP contribution in [0.4, 0.5) is 5.82 Å². The summed E-state index contributed by atoms with van der Waals surface area (Å²) in [5.41, 5.74) is 1.18. The molecule has 2 saturated carbocycles. The third kappa shape index (κ3) is 8.29. The Labute approximate surface area is 342 Å². The molecule has 1 atom stereocenters. The molecule has 16 nitrogen and oxygen atoms in total. The van der Waals surface area contributed by atoms with E-state index in [-0.39, 0.29) is 53.8 Å². The highest BCUT2D eigenvalue weighted by Gasteiger charge is 2.45. The number of nitrogens with one attached hydrogen (secondary N) is 2. The van der Waals surface area contributed by atoms with Gasteiger partial charge >= 0.3 is 0 Å². The SMILES string of the molecule is COc1cc(OC2CCC(NC(=O)c3cnc(N4CC(CN(C(C)C)C5CC(Oc6ccc7c(c6)C(=O)N(C6CCC(=O)NC6=O)C7=O)C5)C4)cn3)CC2)ccc1C#N. The van der Waals surface area contributed by atoms with Crippen LogP contribution in [0, 0.1) is 17.2 Å². The lowest BCUT2D eigenvalue weighted by Gasteiger charge is -2.49. The summed E-state index contributed by atoms with van der Waals surface area (Å²) < 4.78 is 17.7. The van der Waals surface area contributed by atoms with Gasteiger partial charge in [-0.1, -0.05) is 0 Å². The Bertz CT molecular complexity index is 2170. The van der Waals surface area contributed by atoms with E-state index in [4.69, 9.17) is 14.2 Å². The van der Waals surface area contributed by atoms with Crippen LogP contribution in [-0.2, 0) is 9.59 Å². The van der Waals surface area contributed by atoms with Crippen molar-refractivity contribution in [3.05, 3.63) is 71.2 Å². The Hall–Kier alpha value is -6.08. The molecule has 8 rings (SSSR count). The normalized spacial score (nSPS) is 24.2. The average molecular weight is 805 g/mol. The number of nitrogens with zero attached hydrogens (tertiary/aromatic N) is 6. The summed E-state index contributed by atoms with van der Waals surface area (Å²) in [7, 11) is 1.53. The molecule has 2 N–H and O–H groups in total. The molecule has 4 heterocycles. The second-order valence-corrected chi connectivity index (χ2v) is 16.4. The van der Waals surface area contributed by atoms with Gasteiger partial charge in [0.25, 0.3) is 17.7 Å². The number of hydrogen-bond acceptors (Lipinski definition) is 13. The number of aromatic nitrogens is 2. The maximum Gasteiger partial charge on any atom is 0.271 e. The van der Waals surface area contributed by atoms with Gasteiger partial charge in [-0.2, -0.15) is 5.26 Å². The molecule has 59 heavy (non-hydrogen) atoms. The van der Waals surface area contributed by atoms with E-state index in [2.05, 4.69) is 50.3 Å². The standard InChI is InChI=1S/C43H48N8O8/c1-24(2)50(28-14-32(15-28)59-30-10-11-33-34(16-30)43(56)51(42(33)55)36-12-13-39(52)48-41(36)54)23-25-21-49(22-25)38-20-45-35(19-46-38)40(53)47-27-5-8-29(9-6-27)58-31-7-4-26(18-44)37(17-31)57-3/h4,7,10-11,16-17,19-20,24-25,27-29,32,36H,5-6,8-9,12-15,21-23H2,1-3H3,(H,47,53)(H,48,52,54). The summed E-state index contributed by atoms with van der Waals surface area (Å²) >= 11 is 0. The Morgan fingerprint density at radius 1 is 0.932 bits per heavy atom. The van der Waals surface area contributed by atoms with E-state index < -0.39 is 29.7 Å². The van der Waals surface area contributed by atoms with Crippen LogP contribution in [0.3, 0.4) is 0 Å². The minimum absolute atomic E-state index is 0.0154. The highest BCUT2D eigenvalue weighted by atomic mass is 16.5. The van der Waals surface area contributed by atoms with Crippen molar-refractivity contribution in [3.8, 4) is 23.3 Å². The Morgan fingerprint density at radius 2 is 1.64 bits per heavy atom. The first-order chi connectivity index (χ1) is 28.5. The number of carbonyl (C=O) groups is 5. The third-order valence-electron chi connectivity index (χ3n) is 12.1. The predicted octanol–water partition coefficient (Wildman–Crippen LogP) is 3.63. The van der Waals surface area contributed by atoms with Crippen LogP contribution in [0.25, 0.3) is 0 Å². The van der Waals surface area contributed by atoms with Gasteiger partial charge in [-0.05, 0) is 76.3 Å². The number of benzene rings is 2. The molecule has 1 aromatic heterocycles. The van der Waals surface area contributed by atoms with Crippen molar-refractivity contribution in [2.75, 3.05) is 31.6 Å². The van der Waals surface area contributed by atoms with Crippen LogP contribution in [0.5, 0.6) is 17.2 Å². The zero-order valence-corrected chi connectivity index (χ0v) is 33.4. The molecule has 0 bridgehead atoms. The number of fused-ring (bicyclic) bond motifs is 1. The number of imide groups is 2. The highest BCUT2D eigenvalue weighted by molar-refractivity contribution is 6.23. The topological polar surface area (TPSA) is 196 Å². The van der Waals surface area contributed by atoms with Crippen molar-refractivity contribution in [1.82, 2.24) is 30.4 Å². The maximum atomic E-state index is 13.2. The van der Waals surface area contributed by atoms with Gasteiger partial charge < -0.3 is 24.4 Å². The fourth-order valence-corrected chi connectivity index (χ4v) is 8.79. The number of methoxy groups -OCH3 is 1. The summed E-state index contributed by atoms with van der Waals surface area (Å²) in [5, 5.41) is 14.5. The number of nitriles is 1. The quantitative estimate of drug-likeness (QED) is 0.238. The van der Waals surface area contributed by atoms with Crippen molar-refractivity contribution >= 4 is 35.4 Å². The van der Waals surface area contributed by atoms with Gasteiger partial charge in [-0.15, -0.1) is 0 Å². The largest absolute Gasteiger partial charge is 0.495 e. The molecule has 3 aliphatic heterocycles. The number of hydrogen-bond donors (Lipinski definition) is 2. The van der Waals surface area contributed by atoms with Crippen molar-refractivity contribution < 1.29 is 38.2 Å². The van der Waals surface area contributed by atoms with Crippen LogP contribution in [0.15, 0.2) is 48.8 Å². The lowest BCUT2D eigenvalue weighted by Crippen LogP contribution is -2.58. The minimum Gasteiger partial charge on any atom is -0.495 e. The van der Waals surface area contributed by atoms with Gasteiger partial charge in [-0.3, -0.25) is 39.1 Å². The van der Waals surface area contributed by atoms with Crippen molar-refractivity contribution in [1.29, 1.82) is 5.26 Å². The van der Waals surface area contributed by atoms with Crippen LogP contribution in [-0.4, -0.2) is 112 Å². The summed E-state index contributed by atoms with van der Waals surface area (Å²) in [4.78, 5) is 78.0. The van der Waals surface area contributed by atoms with Crippen molar-refractivity contribution in [3.63, 3.8) is 0 Å². The molecule has 3 aromatic rings. The fraction of sp³-hybridized carbons (Fsp3) is 0.488. The van der Waals surface area contributed by atoms with Crippen molar-refractivity contribution in [2.45, 2.75) is 102 Å². The van der Waals surface area contributed by atoms with Crippen LogP contribution in [0.2, 0.25) is 0 Å². The fourth-order valence-electron chi connectivity index (χ4n) is 8.79. The number of anilines is 1. The smallest absolute Gasteiger partial charge is 0.271 e. The number of rotatable bonds is 13. The monoisotopic (exact) mass is 804 g/mol. The minimum atomic E-state index is -1.01. The third-order valence-corrected chi connectivity index (χ3v) is 12.1. The first-order valence-corrected chi connectivity index (χ1v) is 20.4. The van der Waals surface area contributed by atoms with Gasteiger partial charge in [0.15, 0.2) is 0 Å². The van der Waals surface area contributed by atoms with Gasteiger partial charge in [0.2, 0.25) is 11.8 Å². The predicted molar refractivity (Wildman–Crippen MR) is 212 cm³/mol. The second-order valence-electron chi connectivity index (χ2n) is 16.4. The van der Waals surface area contributed by atoms with Gasteiger partial charge in [0.1, 0.15) is 47.0 Å². The van der Waals surface area contributed by atoms with Crippen molar-refractivity contribution in [2.24, 2.45) is 5.92 Å². The zero-order chi connectivity index (χ0) is 41.4. The molecule has 16 heteroatoms. The molecular formula is C43H48N8O8. The molecule has 1 unspecified atom stereocenters. The van der Waals surface area contributed by atoms with Crippen LogP contribution in [0.1, 0.15) is 102 Å². The number of carbonyl (C=O) groups excluding carboxylic acids is 5. The Balaban J connectivity index is 0.761. The summed E-state index contributed by atoms with van der Waals surface area (Å²) in [6, 6.07) is 11.9. The van der Waals surface area contributed by atoms with E-state index in [1.807, 2.05) is 0 Å². The molecule has 2 saturated heterocycles. The zero-order valence-electron chi connectivity index (χ0n) is 33.4. The molecule has 5 aliphatic rings. The molecule has 2 aromatic carbocycles. The Kier molecular flexibility index (Phi) is 11.2. The molecule has 2 aliphatic carbocycles. The molecule has 0 radical (unpaired) electrons. The lowest BCUT2D eigenvalue weighted by molar-refractivity contribution is -0.136. The van der Waals surface area contributed by atoms with E-state index in [1.165, 1.54) is 7.11 Å². The van der Waals surface area contributed by atoms with E-state index >= 15 is 0 Å². The first kappa shape index (κ1) is 39.7.